The lowest BCUT2D eigenvalue weighted by Gasteiger charge is -2.05. The Bertz CT molecular complexity index is 362. The molecule has 0 atom stereocenters. The summed E-state index contributed by atoms with van der Waals surface area (Å²) >= 11 is 0. The summed E-state index contributed by atoms with van der Waals surface area (Å²) in [5.41, 5.74) is -0.102. The van der Waals surface area contributed by atoms with Gasteiger partial charge in [-0.1, -0.05) is 0 Å². The molecule has 0 radical (unpaired) electrons. The first-order chi connectivity index (χ1) is 6.54. The number of carboxylic acid groups (broad SMARTS) is 1. The molecule has 0 aromatic heterocycles. The molecule has 0 bridgehead atoms. The highest BCUT2D eigenvalue weighted by atomic mass is 19.1. The van der Waals surface area contributed by atoms with Crippen molar-refractivity contribution in [3.05, 3.63) is 23.5 Å². The third kappa shape index (κ3) is 2.12. The van der Waals surface area contributed by atoms with Gasteiger partial charge in [0.25, 0.3) is 0 Å². The Labute approximate surface area is 79.6 Å². The van der Waals surface area contributed by atoms with Crippen molar-refractivity contribution in [1.29, 1.82) is 0 Å². The zero-order chi connectivity index (χ0) is 10.7. The number of phenolic OH excluding ortho intramolecular Hbond substituents is 1. The number of phenols is 1. The fraction of sp³-hybridized carbons (Fsp3) is 0.222. The number of halogens is 1. The van der Waals surface area contributed by atoms with E-state index in [1.165, 1.54) is 13.2 Å². The zero-order valence-corrected chi connectivity index (χ0v) is 7.45. The van der Waals surface area contributed by atoms with Crippen LogP contribution in [0.15, 0.2) is 12.1 Å². The summed E-state index contributed by atoms with van der Waals surface area (Å²) in [5.74, 6) is -2.48. The highest BCUT2D eigenvalue weighted by Crippen LogP contribution is 2.26. The molecule has 2 N–H and O–H groups in total. The number of ether oxygens (including phenoxy) is 1. The SMILES string of the molecule is COc1cc(O)c(F)c(CC(=O)O)c1. The van der Waals surface area contributed by atoms with E-state index in [0.717, 1.165) is 6.07 Å². The molecule has 0 saturated heterocycles. The molecule has 1 aromatic carbocycles. The molecule has 0 aliphatic carbocycles. The summed E-state index contributed by atoms with van der Waals surface area (Å²) in [6.45, 7) is 0. The van der Waals surface area contributed by atoms with E-state index in [1.807, 2.05) is 0 Å². The first-order valence-corrected chi connectivity index (χ1v) is 3.81. The Balaban J connectivity index is 3.13. The number of carbonyl (C=O) groups is 1. The molecule has 1 aromatic rings. The number of benzene rings is 1. The maximum atomic E-state index is 13.1. The van der Waals surface area contributed by atoms with Gasteiger partial charge in [-0.2, -0.15) is 0 Å². The maximum absolute atomic E-state index is 13.1. The number of aromatic hydroxyl groups is 1. The average Bonchev–Trinajstić information content (AvgIpc) is 2.11. The van der Waals surface area contributed by atoms with Crippen LogP contribution in [-0.2, 0) is 11.2 Å². The second-order valence-corrected chi connectivity index (χ2v) is 2.69. The van der Waals surface area contributed by atoms with Crippen LogP contribution in [0.3, 0.4) is 0 Å². The van der Waals surface area contributed by atoms with Crippen LogP contribution in [0.2, 0.25) is 0 Å². The van der Waals surface area contributed by atoms with Crippen molar-refractivity contribution in [2.45, 2.75) is 6.42 Å². The van der Waals surface area contributed by atoms with Gasteiger partial charge in [0.2, 0.25) is 0 Å². The van der Waals surface area contributed by atoms with E-state index in [1.54, 1.807) is 0 Å². The van der Waals surface area contributed by atoms with E-state index in [-0.39, 0.29) is 11.3 Å². The number of methoxy groups -OCH3 is 1. The molecule has 76 valence electrons. The quantitative estimate of drug-likeness (QED) is 0.768. The molecule has 0 saturated carbocycles. The van der Waals surface area contributed by atoms with Gasteiger partial charge in [0, 0.05) is 11.6 Å². The molecule has 14 heavy (non-hydrogen) atoms. The predicted octanol–water partition coefficient (Wildman–Crippen LogP) is 1.17. The van der Waals surface area contributed by atoms with Crippen LogP contribution in [0.4, 0.5) is 4.39 Å². The number of carboxylic acids is 1. The topological polar surface area (TPSA) is 66.8 Å². The van der Waals surface area contributed by atoms with Crippen LogP contribution in [0.1, 0.15) is 5.56 Å². The van der Waals surface area contributed by atoms with E-state index < -0.39 is 24.0 Å². The lowest BCUT2D eigenvalue weighted by atomic mass is 10.1. The average molecular weight is 200 g/mol. The maximum Gasteiger partial charge on any atom is 0.307 e. The summed E-state index contributed by atoms with van der Waals surface area (Å²) in [6.07, 6.45) is -0.489. The Kier molecular flexibility index (Phi) is 2.91. The van der Waals surface area contributed by atoms with Gasteiger partial charge in [0.05, 0.1) is 13.5 Å². The standard InChI is InChI=1S/C9H9FO4/c1-14-6-2-5(3-8(12)13)9(10)7(11)4-6/h2,4,11H,3H2,1H3,(H,12,13). The second-order valence-electron chi connectivity index (χ2n) is 2.69. The van der Waals surface area contributed by atoms with Gasteiger partial charge in [0.15, 0.2) is 11.6 Å². The predicted molar refractivity (Wildman–Crippen MR) is 46.0 cm³/mol. The van der Waals surface area contributed by atoms with Gasteiger partial charge < -0.3 is 14.9 Å². The van der Waals surface area contributed by atoms with Crippen molar-refractivity contribution >= 4 is 5.97 Å². The Morgan fingerprint density at radius 1 is 1.57 bits per heavy atom. The lowest BCUT2D eigenvalue weighted by Crippen LogP contribution is -2.03. The number of aliphatic carboxylic acids is 1. The molecular weight excluding hydrogens is 191 g/mol. The van der Waals surface area contributed by atoms with E-state index in [0.29, 0.717) is 0 Å². The number of hydrogen-bond acceptors (Lipinski definition) is 3. The van der Waals surface area contributed by atoms with Gasteiger partial charge in [-0.15, -0.1) is 0 Å². The van der Waals surface area contributed by atoms with Crippen molar-refractivity contribution in [3.8, 4) is 11.5 Å². The van der Waals surface area contributed by atoms with Gasteiger partial charge in [-0.25, -0.2) is 4.39 Å². The molecule has 0 amide bonds. The Morgan fingerprint density at radius 2 is 2.21 bits per heavy atom. The van der Waals surface area contributed by atoms with Gasteiger partial charge >= 0.3 is 5.97 Å². The monoisotopic (exact) mass is 200 g/mol. The van der Waals surface area contributed by atoms with Gasteiger partial charge in [-0.05, 0) is 6.07 Å². The summed E-state index contributed by atoms with van der Waals surface area (Å²) in [6, 6.07) is 2.32. The van der Waals surface area contributed by atoms with E-state index >= 15 is 0 Å². The Morgan fingerprint density at radius 3 is 2.71 bits per heavy atom. The molecule has 0 aliphatic rings. The smallest absolute Gasteiger partial charge is 0.307 e. The molecule has 0 aliphatic heterocycles. The molecule has 5 heteroatoms. The third-order valence-electron chi connectivity index (χ3n) is 1.68. The summed E-state index contributed by atoms with van der Waals surface area (Å²) in [4.78, 5) is 10.3. The van der Waals surface area contributed by atoms with Crippen molar-refractivity contribution in [2.24, 2.45) is 0 Å². The summed E-state index contributed by atoms with van der Waals surface area (Å²) in [5, 5.41) is 17.5. The number of rotatable bonds is 3. The second kappa shape index (κ2) is 3.95. The van der Waals surface area contributed by atoms with Crippen molar-refractivity contribution in [2.75, 3.05) is 7.11 Å². The fourth-order valence-electron chi connectivity index (χ4n) is 1.05. The molecule has 0 unspecified atom stereocenters. The molecule has 0 heterocycles. The zero-order valence-electron chi connectivity index (χ0n) is 7.45. The van der Waals surface area contributed by atoms with Crippen molar-refractivity contribution in [1.82, 2.24) is 0 Å². The van der Waals surface area contributed by atoms with Crippen LogP contribution in [0.25, 0.3) is 0 Å². The van der Waals surface area contributed by atoms with E-state index in [2.05, 4.69) is 0 Å². The normalized spacial score (nSPS) is 9.86. The Hall–Kier alpha value is -1.78. The lowest BCUT2D eigenvalue weighted by molar-refractivity contribution is -0.136. The minimum atomic E-state index is -1.17. The van der Waals surface area contributed by atoms with Crippen LogP contribution in [0, 0.1) is 5.82 Å². The van der Waals surface area contributed by atoms with E-state index in [9.17, 15) is 9.18 Å². The first kappa shape index (κ1) is 10.3. The highest BCUT2D eigenvalue weighted by Gasteiger charge is 2.12. The largest absolute Gasteiger partial charge is 0.505 e. The first-order valence-electron chi connectivity index (χ1n) is 3.81. The van der Waals surface area contributed by atoms with Crippen LogP contribution < -0.4 is 4.74 Å². The van der Waals surface area contributed by atoms with Crippen molar-refractivity contribution < 1.29 is 24.1 Å². The molecular formula is C9H9FO4. The minimum Gasteiger partial charge on any atom is -0.505 e. The minimum absolute atomic E-state index is 0.102. The molecule has 4 nitrogen and oxygen atoms in total. The number of hydrogen-bond donors (Lipinski definition) is 2. The van der Waals surface area contributed by atoms with Gasteiger partial charge in [0.1, 0.15) is 5.75 Å². The van der Waals surface area contributed by atoms with Crippen LogP contribution >= 0.6 is 0 Å². The molecule has 0 fully saturated rings. The van der Waals surface area contributed by atoms with Crippen LogP contribution in [0.5, 0.6) is 11.5 Å². The van der Waals surface area contributed by atoms with Crippen molar-refractivity contribution in [3.63, 3.8) is 0 Å². The van der Waals surface area contributed by atoms with Crippen LogP contribution in [-0.4, -0.2) is 23.3 Å². The fourth-order valence-corrected chi connectivity index (χ4v) is 1.05. The molecule has 0 spiro atoms. The summed E-state index contributed by atoms with van der Waals surface area (Å²) in [7, 11) is 1.34. The van der Waals surface area contributed by atoms with Gasteiger partial charge in [-0.3, -0.25) is 4.79 Å². The third-order valence-corrected chi connectivity index (χ3v) is 1.68. The highest BCUT2D eigenvalue weighted by molar-refractivity contribution is 5.70. The summed E-state index contributed by atoms with van der Waals surface area (Å²) < 4.78 is 17.9. The molecule has 1 rings (SSSR count). The van der Waals surface area contributed by atoms with E-state index in [4.69, 9.17) is 14.9 Å².